The second kappa shape index (κ2) is 6.37. The Morgan fingerprint density at radius 3 is 2.60 bits per heavy atom. The summed E-state index contributed by atoms with van der Waals surface area (Å²) in [4.78, 5) is 10.6. The third kappa shape index (κ3) is 3.37. The summed E-state index contributed by atoms with van der Waals surface area (Å²) in [7, 11) is 0. The van der Waals surface area contributed by atoms with E-state index in [2.05, 4.69) is 31.9 Å². The van der Waals surface area contributed by atoms with Crippen molar-refractivity contribution in [2.75, 3.05) is 0 Å². The van der Waals surface area contributed by atoms with E-state index in [1.54, 1.807) is 18.2 Å². The summed E-state index contributed by atoms with van der Waals surface area (Å²) in [5.41, 5.74) is 1.78. The lowest BCUT2D eigenvalue weighted by Gasteiger charge is -2.11. The van der Waals surface area contributed by atoms with Crippen molar-refractivity contribution in [1.29, 1.82) is 0 Å². The molecule has 0 radical (unpaired) electrons. The van der Waals surface area contributed by atoms with Crippen molar-refractivity contribution in [3.05, 3.63) is 62.1 Å². The van der Waals surface area contributed by atoms with Gasteiger partial charge in [0.2, 0.25) is 5.75 Å². The van der Waals surface area contributed by atoms with Crippen molar-refractivity contribution in [3.8, 4) is 11.5 Å². The number of hydrogen-bond donors (Lipinski definition) is 0. The number of alkyl halides is 1. The van der Waals surface area contributed by atoms with Crippen LogP contribution in [0.1, 0.15) is 11.1 Å². The minimum absolute atomic E-state index is 0.0453. The van der Waals surface area contributed by atoms with Crippen molar-refractivity contribution < 1.29 is 9.66 Å². The Balaban J connectivity index is 2.46. The summed E-state index contributed by atoms with van der Waals surface area (Å²) in [6.07, 6.45) is 0. The molecule has 0 atom stereocenters. The van der Waals surface area contributed by atoms with Gasteiger partial charge in [-0.25, -0.2) is 0 Å². The van der Waals surface area contributed by atoms with Crippen LogP contribution in [-0.4, -0.2) is 4.92 Å². The van der Waals surface area contributed by atoms with Crippen LogP contribution in [-0.2, 0) is 5.33 Å². The molecule has 0 saturated carbocycles. The minimum atomic E-state index is -0.444. The highest BCUT2D eigenvalue weighted by atomic mass is 79.9. The zero-order valence-corrected chi connectivity index (χ0v) is 13.8. The van der Waals surface area contributed by atoms with Gasteiger partial charge in [-0.1, -0.05) is 44.0 Å². The SMILES string of the molecule is Cc1ccc([N+](=O)[O-])c(Oc2cc(Br)ccc2CBr)c1. The number of nitrogens with zero attached hydrogens (tertiary/aromatic N) is 1. The monoisotopic (exact) mass is 399 g/mol. The molecule has 0 N–H and O–H groups in total. The van der Waals surface area contributed by atoms with Crippen LogP contribution in [0.4, 0.5) is 5.69 Å². The van der Waals surface area contributed by atoms with Crippen LogP contribution in [0.15, 0.2) is 40.9 Å². The highest BCUT2D eigenvalue weighted by Crippen LogP contribution is 2.35. The topological polar surface area (TPSA) is 52.4 Å². The molecule has 0 spiro atoms. The molecule has 0 heterocycles. The number of rotatable bonds is 4. The molecule has 0 aliphatic heterocycles. The molecule has 2 aromatic carbocycles. The van der Waals surface area contributed by atoms with Gasteiger partial charge in [-0.3, -0.25) is 10.1 Å². The molecular formula is C14H11Br2NO3. The molecule has 4 nitrogen and oxygen atoms in total. The zero-order valence-electron chi connectivity index (χ0n) is 10.6. The summed E-state index contributed by atoms with van der Waals surface area (Å²) in [5, 5.41) is 11.7. The molecule has 0 aliphatic carbocycles. The minimum Gasteiger partial charge on any atom is -0.450 e. The van der Waals surface area contributed by atoms with Gasteiger partial charge in [0, 0.05) is 21.4 Å². The van der Waals surface area contributed by atoms with E-state index in [-0.39, 0.29) is 11.4 Å². The smallest absolute Gasteiger partial charge is 0.311 e. The predicted molar refractivity (Wildman–Crippen MR) is 84.7 cm³/mol. The maximum Gasteiger partial charge on any atom is 0.311 e. The molecular weight excluding hydrogens is 390 g/mol. The van der Waals surface area contributed by atoms with Crippen LogP contribution < -0.4 is 4.74 Å². The molecule has 2 rings (SSSR count). The normalized spacial score (nSPS) is 10.3. The molecule has 0 fully saturated rings. The van der Waals surface area contributed by atoms with Gasteiger partial charge in [-0.05, 0) is 30.7 Å². The lowest BCUT2D eigenvalue weighted by molar-refractivity contribution is -0.385. The Bertz CT molecular complexity index is 659. The van der Waals surface area contributed by atoms with Gasteiger partial charge in [-0.2, -0.15) is 0 Å². The molecule has 0 aliphatic rings. The number of halogens is 2. The van der Waals surface area contributed by atoms with Crippen LogP contribution in [0.3, 0.4) is 0 Å². The van der Waals surface area contributed by atoms with E-state index in [1.165, 1.54) is 6.07 Å². The van der Waals surface area contributed by atoms with Crippen molar-refractivity contribution in [3.63, 3.8) is 0 Å². The van der Waals surface area contributed by atoms with Crippen LogP contribution >= 0.6 is 31.9 Å². The highest BCUT2D eigenvalue weighted by molar-refractivity contribution is 9.10. The summed E-state index contributed by atoms with van der Waals surface area (Å²) in [5.74, 6) is 0.834. The van der Waals surface area contributed by atoms with Crippen molar-refractivity contribution in [2.45, 2.75) is 12.3 Å². The average molecular weight is 401 g/mol. The summed E-state index contributed by atoms with van der Waals surface area (Å²) >= 11 is 6.75. The molecule has 0 bridgehead atoms. The Morgan fingerprint density at radius 1 is 1.20 bits per heavy atom. The van der Waals surface area contributed by atoms with Crippen LogP contribution in [0.25, 0.3) is 0 Å². The number of nitro benzene ring substituents is 1. The van der Waals surface area contributed by atoms with Crippen molar-refractivity contribution in [1.82, 2.24) is 0 Å². The van der Waals surface area contributed by atoms with E-state index in [4.69, 9.17) is 4.74 Å². The average Bonchev–Trinajstić information content (AvgIpc) is 2.38. The number of ether oxygens (including phenoxy) is 1. The van der Waals surface area contributed by atoms with E-state index in [0.717, 1.165) is 15.6 Å². The fourth-order valence-corrected chi connectivity index (χ4v) is 2.51. The Labute approximate surface area is 133 Å². The van der Waals surface area contributed by atoms with Crippen molar-refractivity contribution in [2.24, 2.45) is 0 Å². The number of benzene rings is 2. The van der Waals surface area contributed by atoms with Gasteiger partial charge >= 0.3 is 5.69 Å². The summed E-state index contributed by atoms with van der Waals surface area (Å²) in [6, 6.07) is 10.4. The Kier molecular flexibility index (Phi) is 4.77. The molecule has 0 aromatic heterocycles. The maximum atomic E-state index is 11.1. The molecule has 0 saturated heterocycles. The second-order valence-electron chi connectivity index (χ2n) is 4.22. The predicted octanol–water partition coefficient (Wildman–Crippen LogP) is 5.35. The third-order valence-corrected chi connectivity index (χ3v) is 3.80. The standard InChI is InChI=1S/C14H11Br2NO3/c1-9-2-5-12(17(18)19)14(6-9)20-13-7-11(16)4-3-10(13)8-15/h2-7H,8H2,1H3. The Morgan fingerprint density at radius 2 is 1.95 bits per heavy atom. The first-order valence-corrected chi connectivity index (χ1v) is 7.70. The fourth-order valence-electron chi connectivity index (χ4n) is 1.71. The van der Waals surface area contributed by atoms with E-state index in [1.807, 2.05) is 19.1 Å². The van der Waals surface area contributed by atoms with E-state index in [0.29, 0.717) is 11.1 Å². The van der Waals surface area contributed by atoms with Gasteiger partial charge in [0.15, 0.2) is 0 Å². The largest absolute Gasteiger partial charge is 0.450 e. The fraction of sp³-hybridized carbons (Fsp3) is 0.143. The first kappa shape index (κ1) is 15.0. The number of hydrogen-bond acceptors (Lipinski definition) is 3. The lowest BCUT2D eigenvalue weighted by atomic mass is 10.2. The number of aryl methyl sites for hydroxylation is 1. The first-order valence-electron chi connectivity index (χ1n) is 5.78. The summed E-state index contributed by atoms with van der Waals surface area (Å²) in [6.45, 7) is 1.86. The van der Waals surface area contributed by atoms with Gasteiger partial charge in [0.05, 0.1) is 4.92 Å². The lowest BCUT2D eigenvalue weighted by Crippen LogP contribution is -1.96. The van der Waals surface area contributed by atoms with Gasteiger partial charge in [0.1, 0.15) is 5.75 Å². The third-order valence-electron chi connectivity index (χ3n) is 2.71. The quantitative estimate of drug-likeness (QED) is 0.394. The van der Waals surface area contributed by atoms with Gasteiger partial charge in [0.25, 0.3) is 0 Å². The molecule has 6 heteroatoms. The highest BCUT2D eigenvalue weighted by Gasteiger charge is 2.17. The van der Waals surface area contributed by atoms with Gasteiger partial charge < -0.3 is 4.74 Å². The second-order valence-corrected chi connectivity index (χ2v) is 5.69. The van der Waals surface area contributed by atoms with Crippen molar-refractivity contribution >= 4 is 37.5 Å². The molecule has 0 unspecified atom stereocenters. The zero-order chi connectivity index (χ0) is 14.7. The van der Waals surface area contributed by atoms with E-state index >= 15 is 0 Å². The van der Waals surface area contributed by atoms with Crippen LogP contribution in [0, 0.1) is 17.0 Å². The Hall–Kier alpha value is -1.40. The maximum absolute atomic E-state index is 11.1. The summed E-state index contributed by atoms with van der Waals surface area (Å²) < 4.78 is 6.61. The first-order chi connectivity index (χ1) is 9.51. The molecule has 2 aromatic rings. The van der Waals surface area contributed by atoms with Crippen LogP contribution in [0.5, 0.6) is 11.5 Å². The molecule has 20 heavy (non-hydrogen) atoms. The van der Waals surface area contributed by atoms with Gasteiger partial charge in [-0.15, -0.1) is 0 Å². The molecule has 104 valence electrons. The molecule has 0 amide bonds. The van der Waals surface area contributed by atoms with E-state index in [9.17, 15) is 10.1 Å². The number of nitro groups is 1. The van der Waals surface area contributed by atoms with Crippen LogP contribution in [0.2, 0.25) is 0 Å². The van der Waals surface area contributed by atoms with E-state index < -0.39 is 4.92 Å².